The Morgan fingerprint density at radius 3 is 2.67 bits per heavy atom. The van der Waals surface area contributed by atoms with E-state index in [2.05, 4.69) is 29.3 Å². The zero-order valence-corrected chi connectivity index (χ0v) is 11.5. The van der Waals surface area contributed by atoms with Gasteiger partial charge in [0.2, 0.25) is 11.7 Å². The van der Waals surface area contributed by atoms with Gasteiger partial charge in [0.05, 0.1) is 6.54 Å². The number of methoxy groups -OCH3 is 1. The Balaban J connectivity index is 2.07. The molecule has 1 heterocycles. The highest BCUT2D eigenvalue weighted by Crippen LogP contribution is 2.38. The maximum absolute atomic E-state index is 5.70. The summed E-state index contributed by atoms with van der Waals surface area (Å²) in [4.78, 5) is 4.48. The predicted molar refractivity (Wildman–Crippen MR) is 68.0 cm³/mol. The molecule has 0 aromatic carbocycles. The fourth-order valence-electron chi connectivity index (χ4n) is 2.45. The van der Waals surface area contributed by atoms with Crippen LogP contribution in [0.2, 0.25) is 0 Å². The number of nitrogens with one attached hydrogen (secondary N) is 1. The standard InChI is InChI=1S/C13H23N3O2/c1-10(2)14-9-11-15-12(16-18-11)13(17-3)7-5-4-6-8-13/h10,14H,4-9H2,1-3H3. The molecule has 1 N–H and O–H groups in total. The van der Waals surface area contributed by atoms with Crippen molar-refractivity contribution in [3.63, 3.8) is 0 Å². The molecule has 0 radical (unpaired) electrons. The normalized spacial score (nSPS) is 19.3. The highest BCUT2D eigenvalue weighted by Gasteiger charge is 2.38. The summed E-state index contributed by atoms with van der Waals surface area (Å²) in [5, 5.41) is 7.38. The van der Waals surface area contributed by atoms with E-state index in [0.29, 0.717) is 24.3 Å². The molecule has 5 heteroatoms. The number of hydrogen-bond acceptors (Lipinski definition) is 5. The molecule has 0 bridgehead atoms. The second kappa shape index (κ2) is 5.80. The third kappa shape index (κ3) is 2.90. The van der Waals surface area contributed by atoms with Gasteiger partial charge in [-0.05, 0) is 12.8 Å². The lowest BCUT2D eigenvalue weighted by Crippen LogP contribution is -2.32. The second-order valence-electron chi connectivity index (χ2n) is 5.31. The minimum atomic E-state index is -0.322. The molecule has 1 aromatic heterocycles. The molecule has 0 atom stereocenters. The van der Waals surface area contributed by atoms with Gasteiger partial charge in [0.25, 0.3) is 0 Å². The molecule has 1 fully saturated rings. The number of aromatic nitrogens is 2. The molecule has 0 aliphatic heterocycles. The van der Waals surface area contributed by atoms with E-state index in [1.54, 1.807) is 7.11 Å². The Hall–Kier alpha value is -0.940. The van der Waals surface area contributed by atoms with Crippen molar-refractivity contribution in [1.82, 2.24) is 15.5 Å². The Labute approximate surface area is 108 Å². The molecule has 0 spiro atoms. The lowest BCUT2D eigenvalue weighted by atomic mass is 9.84. The van der Waals surface area contributed by atoms with Gasteiger partial charge in [-0.1, -0.05) is 38.3 Å². The van der Waals surface area contributed by atoms with Gasteiger partial charge in [-0.25, -0.2) is 0 Å². The third-order valence-corrected chi connectivity index (χ3v) is 3.59. The molecule has 1 saturated carbocycles. The van der Waals surface area contributed by atoms with Gasteiger partial charge in [-0.2, -0.15) is 4.98 Å². The van der Waals surface area contributed by atoms with E-state index in [1.807, 2.05) is 0 Å². The lowest BCUT2D eigenvalue weighted by molar-refractivity contribution is -0.0527. The van der Waals surface area contributed by atoms with Gasteiger partial charge < -0.3 is 14.6 Å². The maximum atomic E-state index is 5.70. The van der Waals surface area contributed by atoms with E-state index >= 15 is 0 Å². The molecule has 102 valence electrons. The monoisotopic (exact) mass is 253 g/mol. The van der Waals surface area contributed by atoms with Crippen LogP contribution in [0, 0.1) is 0 Å². The quantitative estimate of drug-likeness (QED) is 0.873. The van der Waals surface area contributed by atoms with Gasteiger partial charge in [-0.3, -0.25) is 0 Å². The van der Waals surface area contributed by atoms with Crippen LogP contribution in [0.3, 0.4) is 0 Å². The van der Waals surface area contributed by atoms with Crippen molar-refractivity contribution in [2.45, 2.75) is 64.1 Å². The van der Waals surface area contributed by atoms with Crippen molar-refractivity contribution in [2.24, 2.45) is 0 Å². The molecule has 1 aliphatic carbocycles. The van der Waals surface area contributed by atoms with Gasteiger partial charge in [0.15, 0.2) is 0 Å². The topological polar surface area (TPSA) is 60.2 Å². The van der Waals surface area contributed by atoms with E-state index in [0.717, 1.165) is 12.8 Å². The van der Waals surface area contributed by atoms with Crippen LogP contribution in [0.1, 0.15) is 57.7 Å². The van der Waals surface area contributed by atoms with Crippen LogP contribution in [-0.4, -0.2) is 23.3 Å². The van der Waals surface area contributed by atoms with Crippen LogP contribution < -0.4 is 5.32 Å². The SMILES string of the molecule is COC1(c2noc(CNC(C)C)n2)CCCCC1. The van der Waals surface area contributed by atoms with E-state index < -0.39 is 0 Å². The van der Waals surface area contributed by atoms with Crippen LogP contribution in [0.4, 0.5) is 0 Å². The Morgan fingerprint density at radius 1 is 1.33 bits per heavy atom. The fraction of sp³-hybridized carbons (Fsp3) is 0.846. The number of nitrogens with zero attached hydrogens (tertiary/aromatic N) is 2. The van der Waals surface area contributed by atoms with Crippen LogP contribution in [0.25, 0.3) is 0 Å². The molecule has 5 nitrogen and oxygen atoms in total. The molecule has 18 heavy (non-hydrogen) atoms. The first kappa shape index (κ1) is 13.5. The molecule has 1 aliphatic rings. The van der Waals surface area contributed by atoms with Gasteiger partial charge in [0, 0.05) is 13.2 Å². The highest BCUT2D eigenvalue weighted by atomic mass is 16.5. The first-order chi connectivity index (χ1) is 8.66. The number of hydrogen-bond donors (Lipinski definition) is 1. The Morgan fingerprint density at radius 2 is 2.06 bits per heavy atom. The maximum Gasteiger partial charge on any atom is 0.240 e. The summed E-state index contributed by atoms with van der Waals surface area (Å²) in [5.41, 5.74) is -0.322. The van der Waals surface area contributed by atoms with Crippen LogP contribution in [0.15, 0.2) is 4.52 Å². The Kier molecular flexibility index (Phi) is 4.35. The molecule has 2 rings (SSSR count). The number of ether oxygens (including phenoxy) is 1. The van der Waals surface area contributed by atoms with Crippen LogP contribution in [0.5, 0.6) is 0 Å². The summed E-state index contributed by atoms with van der Waals surface area (Å²) in [6.45, 7) is 4.80. The average Bonchev–Trinajstić information content (AvgIpc) is 2.86. The average molecular weight is 253 g/mol. The molecule has 0 saturated heterocycles. The molecular weight excluding hydrogens is 230 g/mol. The van der Waals surface area contributed by atoms with Crippen molar-refractivity contribution >= 4 is 0 Å². The summed E-state index contributed by atoms with van der Waals surface area (Å²) < 4.78 is 11.0. The van der Waals surface area contributed by atoms with Gasteiger partial charge >= 0.3 is 0 Å². The molecule has 1 aromatic rings. The lowest BCUT2D eigenvalue weighted by Gasteiger charge is -2.32. The smallest absolute Gasteiger partial charge is 0.240 e. The van der Waals surface area contributed by atoms with Crippen molar-refractivity contribution < 1.29 is 9.26 Å². The minimum Gasteiger partial charge on any atom is -0.370 e. The zero-order chi connectivity index (χ0) is 13.0. The second-order valence-corrected chi connectivity index (χ2v) is 5.31. The van der Waals surface area contributed by atoms with Gasteiger partial charge in [0.1, 0.15) is 5.60 Å². The molecule has 0 unspecified atom stereocenters. The van der Waals surface area contributed by atoms with E-state index in [4.69, 9.17) is 9.26 Å². The largest absolute Gasteiger partial charge is 0.370 e. The van der Waals surface area contributed by atoms with Crippen molar-refractivity contribution in [3.8, 4) is 0 Å². The Bertz CT molecular complexity index is 370. The fourth-order valence-corrected chi connectivity index (χ4v) is 2.45. The van der Waals surface area contributed by atoms with Gasteiger partial charge in [-0.15, -0.1) is 0 Å². The van der Waals surface area contributed by atoms with E-state index in [9.17, 15) is 0 Å². The summed E-state index contributed by atoms with van der Waals surface area (Å²) in [5.74, 6) is 1.35. The van der Waals surface area contributed by atoms with Crippen molar-refractivity contribution in [3.05, 3.63) is 11.7 Å². The first-order valence-corrected chi connectivity index (χ1v) is 6.78. The van der Waals surface area contributed by atoms with E-state index in [1.165, 1.54) is 19.3 Å². The summed E-state index contributed by atoms with van der Waals surface area (Å²) in [6, 6.07) is 0.409. The van der Waals surface area contributed by atoms with Crippen LogP contribution >= 0.6 is 0 Å². The number of rotatable bonds is 5. The van der Waals surface area contributed by atoms with E-state index in [-0.39, 0.29) is 5.60 Å². The summed E-state index contributed by atoms with van der Waals surface area (Å²) in [6.07, 6.45) is 5.58. The third-order valence-electron chi connectivity index (χ3n) is 3.59. The first-order valence-electron chi connectivity index (χ1n) is 6.78. The molecular formula is C13H23N3O2. The van der Waals surface area contributed by atoms with Crippen molar-refractivity contribution in [2.75, 3.05) is 7.11 Å². The summed E-state index contributed by atoms with van der Waals surface area (Å²) >= 11 is 0. The van der Waals surface area contributed by atoms with Crippen molar-refractivity contribution in [1.29, 1.82) is 0 Å². The highest BCUT2D eigenvalue weighted by molar-refractivity contribution is 5.03. The van der Waals surface area contributed by atoms with Crippen LogP contribution in [-0.2, 0) is 16.9 Å². The minimum absolute atomic E-state index is 0.322. The zero-order valence-electron chi connectivity index (χ0n) is 11.5. The summed E-state index contributed by atoms with van der Waals surface area (Å²) in [7, 11) is 1.74. The molecule has 0 amide bonds. The predicted octanol–water partition coefficient (Wildman–Crippen LogP) is 2.37.